The number of benzene rings is 1. The molecule has 0 bridgehead atoms. The van der Waals surface area contributed by atoms with Crippen molar-refractivity contribution in [2.75, 3.05) is 18.9 Å². The molecule has 2 rings (SSSR count). The van der Waals surface area contributed by atoms with Crippen LogP contribution in [0.15, 0.2) is 18.2 Å². The summed E-state index contributed by atoms with van der Waals surface area (Å²) in [7, 11) is 0. The van der Waals surface area contributed by atoms with Gasteiger partial charge in [-0.25, -0.2) is 0 Å². The zero-order chi connectivity index (χ0) is 9.26. The first-order valence-electron chi connectivity index (χ1n) is 4.51. The topological polar surface area (TPSA) is 61.3 Å². The van der Waals surface area contributed by atoms with Gasteiger partial charge in [-0.15, -0.1) is 0 Å². The summed E-state index contributed by atoms with van der Waals surface area (Å²) in [6.07, 6.45) is 0.943. The minimum absolute atomic E-state index is 0.414. The Bertz CT molecular complexity index is 312. The van der Waals surface area contributed by atoms with Gasteiger partial charge in [0.15, 0.2) is 0 Å². The predicted molar refractivity (Wildman–Crippen MR) is 52.6 cm³/mol. The molecule has 13 heavy (non-hydrogen) atoms. The van der Waals surface area contributed by atoms with Crippen LogP contribution in [0.4, 0.5) is 5.69 Å². The molecule has 1 unspecified atom stereocenters. The predicted octanol–water partition coefficient (Wildman–Crippen LogP) is 0.779. The number of anilines is 1. The van der Waals surface area contributed by atoms with Gasteiger partial charge in [-0.2, -0.15) is 0 Å². The highest BCUT2D eigenvalue weighted by Crippen LogP contribution is 2.30. The van der Waals surface area contributed by atoms with E-state index in [1.807, 2.05) is 18.2 Å². The van der Waals surface area contributed by atoms with Crippen molar-refractivity contribution in [1.82, 2.24) is 0 Å². The standard InChI is InChI=1S/C10H14N2O/c11-5-7-4-8-9(12)2-1-3-10(8)13-6-7/h1-3,7H,4-6,11-12H2. The molecule has 0 spiro atoms. The van der Waals surface area contributed by atoms with E-state index in [0.717, 1.165) is 23.4 Å². The summed E-state index contributed by atoms with van der Waals surface area (Å²) in [5.41, 5.74) is 13.4. The van der Waals surface area contributed by atoms with E-state index in [-0.39, 0.29) is 0 Å². The van der Waals surface area contributed by atoms with Gasteiger partial charge in [0.1, 0.15) is 5.75 Å². The fourth-order valence-electron chi connectivity index (χ4n) is 1.64. The SMILES string of the molecule is NCC1COc2cccc(N)c2C1. The molecule has 1 aliphatic rings. The first-order valence-corrected chi connectivity index (χ1v) is 4.51. The summed E-state index contributed by atoms with van der Waals surface area (Å²) < 4.78 is 5.55. The maximum absolute atomic E-state index is 5.84. The van der Waals surface area contributed by atoms with Gasteiger partial charge in [0.25, 0.3) is 0 Å². The molecule has 1 aromatic rings. The molecule has 1 heterocycles. The molecule has 70 valence electrons. The second-order valence-corrected chi connectivity index (χ2v) is 3.44. The Kier molecular flexibility index (Phi) is 2.10. The van der Waals surface area contributed by atoms with Crippen molar-refractivity contribution >= 4 is 5.69 Å². The third kappa shape index (κ3) is 1.47. The molecule has 1 aromatic carbocycles. The smallest absolute Gasteiger partial charge is 0.124 e. The Labute approximate surface area is 77.7 Å². The maximum atomic E-state index is 5.84. The van der Waals surface area contributed by atoms with E-state index >= 15 is 0 Å². The summed E-state index contributed by atoms with van der Waals surface area (Å²) >= 11 is 0. The third-order valence-electron chi connectivity index (χ3n) is 2.47. The Morgan fingerprint density at radius 1 is 1.46 bits per heavy atom. The van der Waals surface area contributed by atoms with E-state index in [9.17, 15) is 0 Å². The highest BCUT2D eigenvalue weighted by Gasteiger charge is 2.19. The number of nitrogens with two attached hydrogens (primary N) is 2. The molecule has 1 atom stereocenters. The van der Waals surface area contributed by atoms with E-state index < -0.39 is 0 Å². The average molecular weight is 178 g/mol. The van der Waals surface area contributed by atoms with Crippen LogP contribution in [0, 0.1) is 5.92 Å². The number of hydrogen-bond donors (Lipinski definition) is 2. The van der Waals surface area contributed by atoms with Gasteiger partial charge in [-0.1, -0.05) is 6.07 Å². The lowest BCUT2D eigenvalue weighted by molar-refractivity contribution is 0.227. The van der Waals surface area contributed by atoms with Crippen LogP contribution >= 0.6 is 0 Å². The van der Waals surface area contributed by atoms with Crippen LogP contribution < -0.4 is 16.2 Å². The maximum Gasteiger partial charge on any atom is 0.124 e. The molecule has 3 nitrogen and oxygen atoms in total. The lowest BCUT2D eigenvalue weighted by atomic mass is 9.96. The van der Waals surface area contributed by atoms with Crippen LogP contribution in [0.2, 0.25) is 0 Å². The molecule has 0 amide bonds. The van der Waals surface area contributed by atoms with Gasteiger partial charge in [-0.05, 0) is 25.1 Å². The lowest BCUT2D eigenvalue weighted by Crippen LogP contribution is -2.28. The minimum Gasteiger partial charge on any atom is -0.493 e. The molecular weight excluding hydrogens is 164 g/mol. The fourth-order valence-corrected chi connectivity index (χ4v) is 1.64. The molecule has 4 N–H and O–H groups in total. The van der Waals surface area contributed by atoms with Crippen LogP contribution in [-0.4, -0.2) is 13.2 Å². The Balaban J connectivity index is 2.32. The highest BCUT2D eigenvalue weighted by atomic mass is 16.5. The van der Waals surface area contributed by atoms with Crippen LogP contribution in [0.1, 0.15) is 5.56 Å². The van der Waals surface area contributed by atoms with Crippen LogP contribution in [-0.2, 0) is 6.42 Å². The molecule has 0 saturated heterocycles. The quantitative estimate of drug-likeness (QED) is 0.625. The fraction of sp³-hybridized carbons (Fsp3) is 0.400. The number of fused-ring (bicyclic) bond motifs is 1. The highest BCUT2D eigenvalue weighted by molar-refractivity contribution is 5.55. The number of hydrogen-bond acceptors (Lipinski definition) is 3. The van der Waals surface area contributed by atoms with Gasteiger partial charge in [0, 0.05) is 17.2 Å². The van der Waals surface area contributed by atoms with Crippen molar-refractivity contribution < 1.29 is 4.74 Å². The van der Waals surface area contributed by atoms with Crippen molar-refractivity contribution in [1.29, 1.82) is 0 Å². The van der Waals surface area contributed by atoms with E-state index in [4.69, 9.17) is 16.2 Å². The Morgan fingerprint density at radius 2 is 2.31 bits per heavy atom. The Morgan fingerprint density at radius 3 is 3.08 bits per heavy atom. The molecule has 0 saturated carbocycles. The molecule has 3 heteroatoms. The number of nitrogen functional groups attached to an aromatic ring is 1. The van der Waals surface area contributed by atoms with E-state index in [1.165, 1.54) is 0 Å². The average Bonchev–Trinajstić information content (AvgIpc) is 2.18. The zero-order valence-electron chi connectivity index (χ0n) is 7.49. The van der Waals surface area contributed by atoms with Crippen LogP contribution in [0.3, 0.4) is 0 Å². The van der Waals surface area contributed by atoms with E-state index in [0.29, 0.717) is 19.1 Å². The summed E-state index contributed by atoms with van der Waals surface area (Å²) in [5, 5.41) is 0. The van der Waals surface area contributed by atoms with E-state index in [1.54, 1.807) is 0 Å². The monoisotopic (exact) mass is 178 g/mol. The van der Waals surface area contributed by atoms with Crippen molar-refractivity contribution in [3.8, 4) is 5.75 Å². The van der Waals surface area contributed by atoms with Crippen molar-refractivity contribution in [2.24, 2.45) is 11.7 Å². The lowest BCUT2D eigenvalue weighted by Gasteiger charge is -2.25. The molecule has 1 aliphatic heterocycles. The number of ether oxygens (including phenoxy) is 1. The second kappa shape index (κ2) is 3.26. The van der Waals surface area contributed by atoms with Gasteiger partial charge in [0.2, 0.25) is 0 Å². The molecule has 0 fully saturated rings. The summed E-state index contributed by atoms with van der Waals surface area (Å²) in [5.74, 6) is 1.34. The molecular formula is C10H14N2O. The molecule has 0 aliphatic carbocycles. The summed E-state index contributed by atoms with van der Waals surface area (Å²) in [6, 6.07) is 5.77. The van der Waals surface area contributed by atoms with Gasteiger partial charge in [0.05, 0.1) is 6.61 Å². The van der Waals surface area contributed by atoms with E-state index in [2.05, 4.69) is 0 Å². The van der Waals surface area contributed by atoms with Crippen molar-refractivity contribution in [2.45, 2.75) is 6.42 Å². The Hall–Kier alpha value is -1.22. The second-order valence-electron chi connectivity index (χ2n) is 3.44. The number of rotatable bonds is 1. The van der Waals surface area contributed by atoms with Gasteiger partial charge in [-0.3, -0.25) is 0 Å². The van der Waals surface area contributed by atoms with Crippen molar-refractivity contribution in [3.05, 3.63) is 23.8 Å². The first kappa shape index (κ1) is 8.38. The third-order valence-corrected chi connectivity index (χ3v) is 2.47. The largest absolute Gasteiger partial charge is 0.493 e. The summed E-state index contributed by atoms with van der Waals surface area (Å²) in [4.78, 5) is 0. The first-order chi connectivity index (χ1) is 6.31. The molecule has 0 radical (unpaired) electrons. The normalized spacial score (nSPS) is 20.5. The van der Waals surface area contributed by atoms with Gasteiger partial charge < -0.3 is 16.2 Å². The summed E-state index contributed by atoms with van der Waals surface area (Å²) in [6.45, 7) is 1.38. The van der Waals surface area contributed by atoms with Crippen LogP contribution in [0.5, 0.6) is 5.75 Å². The zero-order valence-corrected chi connectivity index (χ0v) is 7.49. The van der Waals surface area contributed by atoms with Gasteiger partial charge >= 0.3 is 0 Å². The molecule has 0 aromatic heterocycles. The van der Waals surface area contributed by atoms with Crippen LogP contribution in [0.25, 0.3) is 0 Å². The van der Waals surface area contributed by atoms with Crippen molar-refractivity contribution in [3.63, 3.8) is 0 Å². The minimum atomic E-state index is 0.414.